The molecule has 0 atom stereocenters. The van der Waals surface area contributed by atoms with Crippen LogP contribution in [0.4, 0.5) is 5.82 Å². The van der Waals surface area contributed by atoms with Gasteiger partial charge in [-0.1, -0.05) is 0 Å². The highest BCUT2D eigenvalue weighted by atomic mass is 15.2. The van der Waals surface area contributed by atoms with Gasteiger partial charge in [0.25, 0.3) is 0 Å². The van der Waals surface area contributed by atoms with E-state index in [1.54, 1.807) is 13.4 Å². The van der Waals surface area contributed by atoms with Crippen LogP contribution in [0.15, 0.2) is 29.7 Å². The van der Waals surface area contributed by atoms with E-state index >= 15 is 0 Å². The van der Waals surface area contributed by atoms with E-state index in [9.17, 15) is 0 Å². The topological polar surface area (TPSA) is 94.0 Å². The highest BCUT2D eigenvalue weighted by Gasteiger charge is 2.17. The van der Waals surface area contributed by atoms with E-state index < -0.39 is 0 Å². The molecule has 0 aliphatic rings. The fraction of sp³-hybridized carbons (Fsp3) is 0.333. The summed E-state index contributed by atoms with van der Waals surface area (Å²) in [4.78, 5) is 8.86. The molecule has 0 radical (unpaired) electrons. The standard InChI is InChI=1S/C15H21N7/c1-5-18-13-7-11(6-10(2)20-13)14(17-3)12(8-16)15-21-19-9-22(15)4/h6-9H,5,16H2,1-4H3,(H,18,20)/b12-8+,17-14?. The lowest BCUT2D eigenvalue weighted by molar-refractivity contribution is 0.892. The fourth-order valence-electron chi connectivity index (χ4n) is 2.27. The Labute approximate surface area is 130 Å². The summed E-state index contributed by atoms with van der Waals surface area (Å²) in [6, 6.07) is 3.93. The smallest absolute Gasteiger partial charge is 0.167 e. The van der Waals surface area contributed by atoms with Gasteiger partial charge in [-0.05, 0) is 26.0 Å². The van der Waals surface area contributed by atoms with E-state index in [2.05, 4.69) is 25.5 Å². The molecule has 3 N–H and O–H groups in total. The zero-order valence-corrected chi connectivity index (χ0v) is 13.3. The van der Waals surface area contributed by atoms with Crippen LogP contribution in [-0.2, 0) is 7.05 Å². The summed E-state index contributed by atoms with van der Waals surface area (Å²) in [6.45, 7) is 4.78. The number of rotatable bonds is 5. The maximum Gasteiger partial charge on any atom is 0.167 e. The van der Waals surface area contributed by atoms with E-state index in [1.807, 2.05) is 37.6 Å². The Morgan fingerprint density at radius 3 is 2.77 bits per heavy atom. The molecule has 0 bridgehead atoms. The number of pyridine rings is 1. The molecule has 2 aromatic rings. The predicted octanol–water partition coefficient (Wildman–Crippen LogP) is 1.37. The van der Waals surface area contributed by atoms with E-state index in [1.165, 1.54) is 6.20 Å². The third-order valence-corrected chi connectivity index (χ3v) is 3.18. The van der Waals surface area contributed by atoms with Crippen molar-refractivity contribution in [3.05, 3.63) is 41.7 Å². The molecule has 0 saturated heterocycles. The number of aryl methyl sites for hydroxylation is 2. The second-order valence-corrected chi connectivity index (χ2v) is 4.83. The molecule has 0 saturated carbocycles. The molecule has 0 unspecified atom stereocenters. The number of hydrogen-bond donors (Lipinski definition) is 2. The maximum atomic E-state index is 5.83. The van der Waals surface area contributed by atoms with Gasteiger partial charge in [0, 0.05) is 38.1 Å². The summed E-state index contributed by atoms with van der Waals surface area (Å²) in [5.41, 5.74) is 9.15. The number of nitrogens with zero attached hydrogens (tertiary/aromatic N) is 5. The minimum absolute atomic E-state index is 0.669. The Hall–Kier alpha value is -2.70. The van der Waals surface area contributed by atoms with Gasteiger partial charge >= 0.3 is 0 Å². The number of allylic oxidation sites excluding steroid dienone is 1. The van der Waals surface area contributed by atoms with Crippen molar-refractivity contribution in [2.75, 3.05) is 18.9 Å². The lowest BCUT2D eigenvalue weighted by Gasteiger charge is -2.12. The first kappa shape index (κ1) is 15.7. The fourth-order valence-corrected chi connectivity index (χ4v) is 2.27. The zero-order valence-electron chi connectivity index (χ0n) is 13.3. The molecule has 7 heteroatoms. The first-order valence-corrected chi connectivity index (χ1v) is 7.07. The lowest BCUT2D eigenvalue weighted by atomic mass is 10.0. The van der Waals surface area contributed by atoms with E-state index in [0.717, 1.165) is 34.9 Å². The lowest BCUT2D eigenvalue weighted by Crippen LogP contribution is -2.12. The van der Waals surface area contributed by atoms with Crippen molar-refractivity contribution < 1.29 is 0 Å². The number of aromatic nitrogens is 4. The Morgan fingerprint density at radius 1 is 1.45 bits per heavy atom. The van der Waals surface area contributed by atoms with Gasteiger partial charge in [-0.15, -0.1) is 10.2 Å². The van der Waals surface area contributed by atoms with Crippen molar-refractivity contribution in [2.24, 2.45) is 17.8 Å². The molecule has 0 fully saturated rings. The van der Waals surface area contributed by atoms with E-state index in [-0.39, 0.29) is 0 Å². The summed E-state index contributed by atoms with van der Waals surface area (Å²) < 4.78 is 1.81. The second-order valence-electron chi connectivity index (χ2n) is 4.83. The number of hydrogen-bond acceptors (Lipinski definition) is 6. The highest BCUT2D eigenvalue weighted by Crippen LogP contribution is 2.20. The molecule has 0 amide bonds. The largest absolute Gasteiger partial charge is 0.404 e. The summed E-state index contributed by atoms with van der Waals surface area (Å²) in [6.07, 6.45) is 3.14. The Balaban J connectivity index is 2.51. The average molecular weight is 299 g/mol. The number of anilines is 1. The summed E-state index contributed by atoms with van der Waals surface area (Å²) in [7, 11) is 3.60. The van der Waals surface area contributed by atoms with Gasteiger partial charge in [0.15, 0.2) is 5.82 Å². The van der Waals surface area contributed by atoms with Crippen molar-refractivity contribution in [1.82, 2.24) is 19.7 Å². The summed E-state index contributed by atoms with van der Waals surface area (Å²) in [5.74, 6) is 1.48. The van der Waals surface area contributed by atoms with Gasteiger partial charge in [0.05, 0.1) is 11.3 Å². The van der Waals surface area contributed by atoms with Gasteiger partial charge < -0.3 is 15.6 Å². The van der Waals surface area contributed by atoms with Crippen molar-refractivity contribution in [2.45, 2.75) is 13.8 Å². The minimum atomic E-state index is 0.669. The van der Waals surface area contributed by atoms with E-state index in [4.69, 9.17) is 5.73 Å². The van der Waals surface area contributed by atoms with Crippen LogP contribution in [0, 0.1) is 6.92 Å². The first-order valence-electron chi connectivity index (χ1n) is 7.07. The Bertz CT molecular complexity index is 712. The number of nitrogens with one attached hydrogen (secondary N) is 1. The first-order chi connectivity index (χ1) is 10.6. The predicted molar refractivity (Wildman–Crippen MR) is 88.8 cm³/mol. The van der Waals surface area contributed by atoms with Crippen molar-refractivity contribution in [1.29, 1.82) is 0 Å². The van der Waals surface area contributed by atoms with Gasteiger partial charge in [0.1, 0.15) is 12.1 Å². The van der Waals surface area contributed by atoms with Crippen LogP contribution < -0.4 is 11.1 Å². The number of aliphatic imine (C=N–C) groups is 1. The summed E-state index contributed by atoms with van der Waals surface area (Å²) in [5, 5.41) is 11.2. The Kier molecular flexibility index (Phi) is 4.88. The van der Waals surface area contributed by atoms with Crippen LogP contribution in [-0.4, -0.2) is 39.1 Å². The SMILES string of the molecule is CCNc1cc(C(=NC)/C(=C\N)c2nncn2C)cc(C)n1. The molecule has 2 aromatic heterocycles. The normalized spacial score (nSPS) is 12.5. The van der Waals surface area contributed by atoms with Crippen molar-refractivity contribution in [3.63, 3.8) is 0 Å². The molecule has 0 spiro atoms. The van der Waals surface area contributed by atoms with Crippen LogP contribution >= 0.6 is 0 Å². The average Bonchev–Trinajstić information content (AvgIpc) is 2.90. The van der Waals surface area contributed by atoms with Gasteiger partial charge in [0.2, 0.25) is 0 Å². The molecular formula is C15H21N7. The van der Waals surface area contributed by atoms with Gasteiger partial charge in [-0.2, -0.15) is 0 Å². The van der Waals surface area contributed by atoms with Gasteiger partial charge in [-0.25, -0.2) is 4.98 Å². The van der Waals surface area contributed by atoms with Crippen molar-refractivity contribution >= 4 is 17.1 Å². The van der Waals surface area contributed by atoms with Gasteiger partial charge in [-0.3, -0.25) is 4.99 Å². The van der Waals surface area contributed by atoms with Crippen LogP contribution in [0.2, 0.25) is 0 Å². The van der Waals surface area contributed by atoms with Crippen LogP contribution in [0.5, 0.6) is 0 Å². The highest BCUT2D eigenvalue weighted by molar-refractivity contribution is 6.31. The molecule has 22 heavy (non-hydrogen) atoms. The minimum Gasteiger partial charge on any atom is -0.404 e. The molecule has 2 heterocycles. The second kappa shape index (κ2) is 6.84. The zero-order chi connectivity index (χ0) is 16.1. The third-order valence-electron chi connectivity index (χ3n) is 3.18. The van der Waals surface area contributed by atoms with Crippen LogP contribution in [0.3, 0.4) is 0 Å². The maximum absolute atomic E-state index is 5.83. The molecule has 0 aromatic carbocycles. The molecule has 116 valence electrons. The molecular weight excluding hydrogens is 278 g/mol. The monoisotopic (exact) mass is 299 g/mol. The molecule has 0 aliphatic heterocycles. The number of nitrogens with two attached hydrogens (primary N) is 1. The van der Waals surface area contributed by atoms with E-state index in [0.29, 0.717) is 5.82 Å². The van der Waals surface area contributed by atoms with Crippen LogP contribution in [0.25, 0.3) is 5.57 Å². The molecule has 2 rings (SSSR count). The Morgan fingerprint density at radius 2 is 2.23 bits per heavy atom. The van der Waals surface area contributed by atoms with Crippen molar-refractivity contribution in [3.8, 4) is 0 Å². The molecule has 0 aliphatic carbocycles. The molecule has 7 nitrogen and oxygen atoms in total. The summed E-state index contributed by atoms with van der Waals surface area (Å²) >= 11 is 0. The quantitative estimate of drug-likeness (QED) is 0.813. The third kappa shape index (κ3) is 3.13. The van der Waals surface area contributed by atoms with Crippen LogP contribution in [0.1, 0.15) is 24.0 Å².